The molecule has 1 N–H and O–H groups in total. The predicted octanol–water partition coefficient (Wildman–Crippen LogP) is 3.46. The zero-order valence-electron chi connectivity index (χ0n) is 14.0. The SMILES string of the molecule is CCC(CC)C1CC(Nc2ccc3nnc(C(F)F)n3n2)CCO1. The number of nitrogens with zero attached hydrogens (tertiary/aromatic N) is 4. The van der Waals surface area contributed by atoms with Crippen molar-refractivity contribution in [1.82, 2.24) is 19.8 Å². The number of nitrogens with one attached hydrogen (secondary N) is 1. The van der Waals surface area contributed by atoms with Gasteiger partial charge in [0.05, 0.1) is 6.10 Å². The summed E-state index contributed by atoms with van der Waals surface area (Å²) in [7, 11) is 0. The molecule has 1 fully saturated rings. The number of alkyl halides is 2. The van der Waals surface area contributed by atoms with Crippen LogP contribution in [0, 0.1) is 5.92 Å². The van der Waals surface area contributed by atoms with Gasteiger partial charge in [0.25, 0.3) is 6.43 Å². The number of fused-ring (bicyclic) bond motifs is 1. The minimum absolute atomic E-state index is 0.223. The molecule has 1 aliphatic heterocycles. The van der Waals surface area contributed by atoms with Crippen LogP contribution in [0.5, 0.6) is 0 Å². The maximum absolute atomic E-state index is 12.9. The Morgan fingerprint density at radius 1 is 1.29 bits per heavy atom. The summed E-state index contributed by atoms with van der Waals surface area (Å²) >= 11 is 0. The van der Waals surface area contributed by atoms with Gasteiger partial charge in [-0.1, -0.05) is 26.7 Å². The summed E-state index contributed by atoms with van der Waals surface area (Å²) in [5.74, 6) is 0.670. The van der Waals surface area contributed by atoms with Gasteiger partial charge in [0.15, 0.2) is 5.65 Å². The van der Waals surface area contributed by atoms with Crippen molar-refractivity contribution in [1.29, 1.82) is 0 Å². The van der Waals surface area contributed by atoms with Crippen LogP contribution in [0.4, 0.5) is 14.6 Å². The summed E-state index contributed by atoms with van der Waals surface area (Å²) in [6.07, 6.45) is 1.50. The number of ether oxygens (including phenoxy) is 1. The monoisotopic (exact) mass is 339 g/mol. The Morgan fingerprint density at radius 3 is 2.79 bits per heavy atom. The molecule has 6 nitrogen and oxygen atoms in total. The lowest BCUT2D eigenvalue weighted by molar-refractivity contribution is -0.0271. The smallest absolute Gasteiger partial charge is 0.299 e. The van der Waals surface area contributed by atoms with Crippen molar-refractivity contribution in [3.63, 3.8) is 0 Å². The fourth-order valence-electron chi connectivity index (χ4n) is 3.33. The largest absolute Gasteiger partial charge is 0.378 e. The number of hydrogen-bond acceptors (Lipinski definition) is 5. The van der Waals surface area contributed by atoms with Gasteiger partial charge in [-0.3, -0.25) is 0 Å². The van der Waals surface area contributed by atoms with Crippen molar-refractivity contribution in [2.24, 2.45) is 5.92 Å². The molecule has 2 atom stereocenters. The predicted molar refractivity (Wildman–Crippen MR) is 86.2 cm³/mol. The van der Waals surface area contributed by atoms with Crippen LogP contribution in [-0.2, 0) is 4.74 Å². The van der Waals surface area contributed by atoms with Crippen molar-refractivity contribution in [3.05, 3.63) is 18.0 Å². The maximum atomic E-state index is 12.9. The van der Waals surface area contributed by atoms with E-state index in [-0.39, 0.29) is 12.1 Å². The molecule has 0 aliphatic carbocycles. The van der Waals surface area contributed by atoms with Gasteiger partial charge < -0.3 is 10.1 Å². The molecule has 1 aliphatic rings. The van der Waals surface area contributed by atoms with Gasteiger partial charge >= 0.3 is 0 Å². The van der Waals surface area contributed by atoms with E-state index in [1.165, 1.54) is 0 Å². The number of hydrogen-bond donors (Lipinski definition) is 1. The van der Waals surface area contributed by atoms with E-state index in [9.17, 15) is 8.78 Å². The zero-order valence-corrected chi connectivity index (χ0v) is 14.0. The fraction of sp³-hybridized carbons (Fsp3) is 0.688. The minimum Gasteiger partial charge on any atom is -0.378 e. The van der Waals surface area contributed by atoms with E-state index < -0.39 is 12.2 Å². The molecule has 0 amide bonds. The Bertz CT molecular complexity index is 674. The Balaban J connectivity index is 1.73. The van der Waals surface area contributed by atoms with Gasteiger partial charge in [0.1, 0.15) is 5.82 Å². The van der Waals surface area contributed by atoms with Gasteiger partial charge in [-0.25, -0.2) is 8.78 Å². The zero-order chi connectivity index (χ0) is 17.1. The van der Waals surface area contributed by atoms with E-state index in [4.69, 9.17) is 4.74 Å². The molecule has 2 aromatic heterocycles. The molecule has 2 aromatic rings. The molecule has 3 heterocycles. The molecular weight excluding hydrogens is 316 g/mol. The number of aromatic nitrogens is 4. The van der Waals surface area contributed by atoms with Crippen molar-refractivity contribution in [2.75, 3.05) is 11.9 Å². The second-order valence-electron chi connectivity index (χ2n) is 6.20. The highest BCUT2D eigenvalue weighted by Gasteiger charge is 2.28. The third kappa shape index (κ3) is 3.48. The lowest BCUT2D eigenvalue weighted by Gasteiger charge is -2.34. The number of anilines is 1. The van der Waals surface area contributed by atoms with E-state index >= 15 is 0 Å². The normalized spacial score (nSPS) is 21.8. The first-order valence-corrected chi connectivity index (χ1v) is 8.51. The molecule has 132 valence electrons. The van der Waals surface area contributed by atoms with Gasteiger partial charge in [-0.05, 0) is 30.9 Å². The van der Waals surface area contributed by atoms with E-state index in [1.807, 2.05) is 0 Å². The maximum Gasteiger partial charge on any atom is 0.299 e. The minimum atomic E-state index is -2.70. The molecule has 0 radical (unpaired) electrons. The second-order valence-corrected chi connectivity index (χ2v) is 6.20. The van der Waals surface area contributed by atoms with Gasteiger partial charge in [-0.2, -0.15) is 4.52 Å². The Kier molecular flexibility index (Phi) is 5.23. The van der Waals surface area contributed by atoms with Crippen LogP contribution in [0.15, 0.2) is 12.1 Å². The van der Waals surface area contributed by atoms with Gasteiger partial charge in [0.2, 0.25) is 5.82 Å². The van der Waals surface area contributed by atoms with E-state index in [0.29, 0.717) is 24.0 Å². The highest BCUT2D eigenvalue weighted by molar-refractivity contribution is 5.44. The first-order valence-electron chi connectivity index (χ1n) is 8.51. The third-order valence-electron chi connectivity index (χ3n) is 4.72. The molecule has 0 aromatic carbocycles. The summed E-state index contributed by atoms with van der Waals surface area (Å²) in [4.78, 5) is 0. The molecule has 0 saturated carbocycles. The van der Waals surface area contributed by atoms with Gasteiger partial charge in [-0.15, -0.1) is 15.3 Å². The first-order chi connectivity index (χ1) is 11.6. The summed E-state index contributed by atoms with van der Waals surface area (Å²) in [6.45, 7) is 5.07. The fourth-order valence-corrected chi connectivity index (χ4v) is 3.33. The average molecular weight is 339 g/mol. The highest BCUT2D eigenvalue weighted by atomic mass is 19.3. The number of rotatable bonds is 6. The molecule has 3 rings (SSSR count). The summed E-state index contributed by atoms with van der Waals surface area (Å²) in [5.41, 5.74) is 0.317. The summed E-state index contributed by atoms with van der Waals surface area (Å²) < 4.78 is 32.9. The van der Waals surface area contributed by atoms with Crippen molar-refractivity contribution in [3.8, 4) is 0 Å². The second kappa shape index (κ2) is 7.38. The topological polar surface area (TPSA) is 64.3 Å². The molecular formula is C16H23F2N5O. The quantitative estimate of drug-likeness (QED) is 0.873. The molecule has 1 saturated heterocycles. The molecule has 2 unspecified atom stereocenters. The average Bonchev–Trinajstić information content (AvgIpc) is 3.00. The molecule has 24 heavy (non-hydrogen) atoms. The van der Waals surface area contributed by atoms with Crippen LogP contribution in [-0.4, -0.2) is 38.6 Å². The Hall–Kier alpha value is -1.83. The van der Waals surface area contributed by atoms with Crippen LogP contribution >= 0.6 is 0 Å². The van der Waals surface area contributed by atoms with Crippen LogP contribution in [0.3, 0.4) is 0 Å². The Morgan fingerprint density at radius 2 is 2.08 bits per heavy atom. The van der Waals surface area contributed by atoms with Crippen molar-refractivity contribution >= 4 is 11.5 Å². The van der Waals surface area contributed by atoms with Crippen LogP contribution in [0.1, 0.15) is 51.8 Å². The van der Waals surface area contributed by atoms with Crippen molar-refractivity contribution in [2.45, 2.75) is 58.1 Å². The molecule has 8 heteroatoms. The van der Waals surface area contributed by atoms with E-state index in [2.05, 4.69) is 34.5 Å². The first kappa shape index (κ1) is 17.0. The van der Waals surface area contributed by atoms with E-state index in [0.717, 1.165) is 30.2 Å². The Labute approximate surface area is 139 Å². The number of halogens is 2. The standard InChI is InChI=1S/C16H23F2N5O/c1-3-10(4-2)12-9-11(7-8-24-12)19-13-5-6-14-20-21-16(15(17)18)23(14)22-13/h5-6,10-12,15H,3-4,7-9H2,1-2H3,(H,19,22). The van der Waals surface area contributed by atoms with Crippen LogP contribution < -0.4 is 5.32 Å². The summed E-state index contributed by atoms with van der Waals surface area (Å²) in [5, 5.41) is 14.8. The molecule has 0 bridgehead atoms. The van der Waals surface area contributed by atoms with Gasteiger partial charge in [0, 0.05) is 12.6 Å². The highest BCUT2D eigenvalue weighted by Crippen LogP contribution is 2.27. The molecule has 0 spiro atoms. The summed E-state index contributed by atoms with van der Waals surface area (Å²) in [6, 6.07) is 3.62. The van der Waals surface area contributed by atoms with Crippen LogP contribution in [0.25, 0.3) is 5.65 Å². The van der Waals surface area contributed by atoms with E-state index in [1.54, 1.807) is 12.1 Å². The van der Waals surface area contributed by atoms with Crippen molar-refractivity contribution < 1.29 is 13.5 Å². The lowest BCUT2D eigenvalue weighted by Crippen LogP contribution is -2.38. The lowest BCUT2D eigenvalue weighted by atomic mass is 9.89. The van der Waals surface area contributed by atoms with Crippen LogP contribution in [0.2, 0.25) is 0 Å². The third-order valence-corrected chi connectivity index (χ3v) is 4.72.